The first-order valence-electron chi connectivity index (χ1n) is 13.8. The van der Waals surface area contributed by atoms with E-state index in [1.165, 1.54) is 49.4 Å². The van der Waals surface area contributed by atoms with Gasteiger partial charge in [0.2, 0.25) is 0 Å². The third-order valence-corrected chi connectivity index (χ3v) is 7.62. The minimum Gasteiger partial charge on any atom is -0.504 e. The zero-order valence-electron chi connectivity index (χ0n) is 23.3. The van der Waals surface area contributed by atoms with Crippen LogP contribution >= 0.6 is 0 Å². The van der Waals surface area contributed by atoms with E-state index in [1.807, 2.05) is 0 Å². The quantitative estimate of drug-likeness (QED) is 0.111. The van der Waals surface area contributed by atoms with Crippen molar-refractivity contribution in [2.24, 2.45) is 0 Å². The molecule has 0 saturated carbocycles. The zero-order valence-corrected chi connectivity index (χ0v) is 23.3. The van der Waals surface area contributed by atoms with Crippen LogP contribution in [0.5, 0.6) is 23.0 Å². The molecule has 8 N–H and O–H groups in total. The van der Waals surface area contributed by atoms with Gasteiger partial charge in [-0.2, -0.15) is 0 Å². The van der Waals surface area contributed by atoms with Crippen molar-refractivity contribution in [2.45, 2.75) is 74.4 Å². The molecule has 0 spiro atoms. The van der Waals surface area contributed by atoms with Crippen molar-refractivity contribution in [2.75, 3.05) is 13.2 Å². The van der Waals surface area contributed by atoms with Gasteiger partial charge in [0, 0.05) is 6.08 Å². The molecule has 11 atom stereocenters. The standard InChI is InChI=1S/C29H34O15/c1-12-22(35)24(37)25(38)28(41-12)44-26-23(36)20(11-39-21(34)7-3-13-2-5-15(30)17(32)8-13)43-29-27(26)42-19(10-40-29)14-4-6-16(31)18(33)9-14/h2-9,12,19-20,22-33,35-38H,10-11H2,1H3/t12-,19+,20+,22+,23-,24+,25-,26+,27+,28-,29-/m1/s1. The van der Waals surface area contributed by atoms with Crippen LogP contribution in [0.2, 0.25) is 0 Å². The van der Waals surface area contributed by atoms with Crippen molar-refractivity contribution >= 4 is 12.0 Å². The summed E-state index contributed by atoms with van der Waals surface area (Å²) < 4.78 is 34.6. The van der Waals surface area contributed by atoms with Gasteiger partial charge >= 0.3 is 5.97 Å². The minimum absolute atomic E-state index is 0.0760. The molecule has 0 radical (unpaired) electrons. The number of benzene rings is 2. The molecule has 240 valence electrons. The van der Waals surface area contributed by atoms with Crippen molar-refractivity contribution in [3.05, 3.63) is 53.6 Å². The van der Waals surface area contributed by atoms with Crippen LogP contribution in [-0.2, 0) is 33.2 Å². The zero-order chi connectivity index (χ0) is 31.7. The van der Waals surface area contributed by atoms with Gasteiger partial charge in [-0.1, -0.05) is 12.1 Å². The van der Waals surface area contributed by atoms with E-state index < -0.39 is 80.1 Å². The van der Waals surface area contributed by atoms with E-state index in [1.54, 1.807) is 0 Å². The maximum absolute atomic E-state index is 12.4. The lowest BCUT2D eigenvalue weighted by Gasteiger charge is -2.49. The van der Waals surface area contributed by atoms with Gasteiger partial charge < -0.3 is 69.3 Å². The fraction of sp³-hybridized carbons (Fsp3) is 0.483. The van der Waals surface area contributed by atoms with Crippen LogP contribution in [0.4, 0.5) is 0 Å². The molecule has 0 amide bonds. The summed E-state index contributed by atoms with van der Waals surface area (Å²) in [5.74, 6) is -2.25. The van der Waals surface area contributed by atoms with E-state index in [9.17, 15) is 45.6 Å². The molecule has 15 heteroatoms. The molecular formula is C29H34O15. The molecule has 0 bridgehead atoms. The lowest BCUT2D eigenvalue weighted by molar-refractivity contribution is -0.384. The number of aliphatic hydroxyl groups is 4. The number of hydrogen-bond acceptors (Lipinski definition) is 15. The summed E-state index contributed by atoms with van der Waals surface area (Å²) in [5.41, 5.74) is 0.831. The van der Waals surface area contributed by atoms with E-state index >= 15 is 0 Å². The number of aliphatic hydroxyl groups excluding tert-OH is 4. The first-order valence-corrected chi connectivity index (χ1v) is 13.8. The summed E-state index contributed by atoms with van der Waals surface area (Å²) in [6.07, 6.45) is -12.1. The van der Waals surface area contributed by atoms with Gasteiger partial charge in [0.15, 0.2) is 35.6 Å². The highest BCUT2D eigenvalue weighted by Crippen LogP contribution is 2.38. The normalized spacial score (nSPS) is 35.7. The second-order valence-corrected chi connectivity index (χ2v) is 10.7. The molecule has 0 aliphatic carbocycles. The Bertz CT molecular complexity index is 1350. The predicted octanol–water partition coefficient (Wildman–Crippen LogP) is -0.479. The van der Waals surface area contributed by atoms with Crippen molar-refractivity contribution in [3.8, 4) is 23.0 Å². The molecule has 3 saturated heterocycles. The second kappa shape index (κ2) is 13.2. The molecule has 3 fully saturated rings. The first-order chi connectivity index (χ1) is 20.9. The summed E-state index contributed by atoms with van der Waals surface area (Å²) in [6, 6.07) is 7.99. The number of phenolic OH excluding ortho intramolecular Hbond substituents is 4. The predicted molar refractivity (Wildman–Crippen MR) is 145 cm³/mol. The maximum Gasteiger partial charge on any atom is 0.330 e. The fourth-order valence-electron chi connectivity index (χ4n) is 5.09. The largest absolute Gasteiger partial charge is 0.504 e. The van der Waals surface area contributed by atoms with Gasteiger partial charge in [-0.05, 0) is 48.4 Å². The molecule has 0 aromatic heterocycles. The van der Waals surface area contributed by atoms with Crippen LogP contribution in [0.15, 0.2) is 42.5 Å². The van der Waals surface area contributed by atoms with Gasteiger partial charge in [-0.15, -0.1) is 0 Å². The van der Waals surface area contributed by atoms with Gasteiger partial charge in [0.05, 0.1) is 12.7 Å². The monoisotopic (exact) mass is 622 g/mol. The second-order valence-electron chi connectivity index (χ2n) is 10.7. The van der Waals surface area contributed by atoms with Crippen molar-refractivity contribution < 1.29 is 74.1 Å². The van der Waals surface area contributed by atoms with Crippen LogP contribution in [0, 0.1) is 0 Å². The maximum atomic E-state index is 12.4. The number of carbonyl (C=O) groups is 1. The average molecular weight is 623 g/mol. The highest BCUT2D eigenvalue weighted by Gasteiger charge is 2.53. The Labute approximate surface area is 250 Å². The smallest absolute Gasteiger partial charge is 0.330 e. The minimum atomic E-state index is -1.70. The summed E-state index contributed by atoms with van der Waals surface area (Å²) in [6.45, 7) is 0.911. The Morgan fingerprint density at radius 3 is 2.27 bits per heavy atom. The number of rotatable bonds is 7. The van der Waals surface area contributed by atoms with Gasteiger partial charge in [0.25, 0.3) is 0 Å². The molecule has 44 heavy (non-hydrogen) atoms. The van der Waals surface area contributed by atoms with Crippen molar-refractivity contribution in [3.63, 3.8) is 0 Å². The molecule has 3 aliphatic heterocycles. The van der Waals surface area contributed by atoms with Crippen LogP contribution in [0.3, 0.4) is 0 Å². The molecule has 2 aromatic rings. The number of ether oxygens (including phenoxy) is 6. The third kappa shape index (κ3) is 6.76. The summed E-state index contributed by atoms with van der Waals surface area (Å²) in [4.78, 5) is 12.4. The van der Waals surface area contributed by atoms with Crippen LogP contribution in [0.1, 0.15) is 24.2 Å². The Morgan fingerprint density at radius 1 is 0.864 bits per heavy atom. The number of aromatic hydroxyl groups is 4. The number of phenols is 4. The van der Waals surface area contributed by atoms with Gasteiger partial charge in [-0.25, -0.2) is 4.79 Å². The summed E-state index contributed by atoms with van der Waals surface area (Å²) in [7, 11) is 0. The average Bonchev–Trinajstić information content (AvgIpc) is 3.00. The molecule has 5 rings (SSSR count). The van der Waals surface area contributed by atoms with Crippen LogP contribution < -0.4 is 0 Å². The summed E-state index contributed by atoms with van der Waals surface area (Å²) >= 11 is 0. The number of esters is 1. The third-order valence-electron chi connectivity index (χ3n) is 7.62. The fourth-order valence-corrected chi connectivity index (χ4v) is 5.09. The molecule has 3 aliphatic rings. The Kier molecular flexibility index (Phi) is 9.59. The highest BCUT2D eigenvalue weighted by molar-refractivity contribution is 5.87. The first kappa shape index (κ1) is 31.9. The lowest BCUT2D eigenvalue weighted by atomic mass is 9.96. The van der Waals surface area contributed by atoms with Crippen LogP contribution in [-0.4, -0.2) is 121 Å². The van der Waals surface area contributed by atoms with E-state index in [0.717, 1.165) is 6.08 Å². The van der Waals surface area contributed by atoms with Crippen molar-refractivity contribution in [1.82, 2.24) is 0 Å². The Balaban J connectivity index is 1.31. The lowest BCUT2D eigenvalue weighted by Crippen LogP contribution is -2.66. The van der Waals surface area contributed by atoms with E-state index in [-0.39, 0.29) is 29.6 Å². The van der Waals surface area contributed by atoms with Gasteiger partial charge in [0.1, 0.15) is 55.4 Å². The Morgan fingerprint density at radius 2 is 1.57 bits per heavy atom. The number of carbonyl (C=O) groups excluding carboxylic acids is 1. The molecule has 15 nitrogen and oxygen atoms in total. The van der Waals surface area contributed by atoms with E-state index in [4.69, 9.17) is 28.4 Å². The van der Waals surface area contributed by atoms with Crippen LogP contribution in [0.25, 0.3) is 6.08 Å². The number of hydrogen-bond donors (Lipinski definition) is 8. The topological polar surface area (TPSA) is 234 Å². The highest BCUT2D eigenvalue weighted by atomic mass is 16.8. The summed E-state index contributed by atoms with van der Waals surface area (Å²) in [5, 5.41) is 80.9. The van der Waals surface area contributed by atoms with Gasteiger partial charge in [-0.3, -0.25) is 0 Å². The van der Waals surface area contributed by atoms with E-state index in [0.29, 0.717) is 11.1 Å². The Hall–Kier alpha value is -3.51. The van der Waals surface area contributed by atoms with Crippen molar-refractivity contribution in [1.29, 1.82) is 0 Å². The molecule has 2 aromatic carbocycles. The molecular weight excluding hydrogens is 588 g/mol. The SMILES string of the molecule is C[C@H]1O[C@H](O[C@H]2[C@H](O)[C@H](COC(=O)C=Cc3ccc(O)c(O)c3)O[C@H]3OC[C@@H](c4ccc(O)c(O)c4)O[C@H]32)[C@H](O)[C@@H](O)[C@H]1O. The molecule has 0 unspecified atom stereocenters. The number of fused-ring (bicyclic) bond motifs is 1. The van der Waals surface area contributed by atoms with E-state index in [2.05, 4.69) is 0 Å². The molecule has 3 heterocycles.